The first-order chi connectivity index (χ1) is 9.82. The van der Waals surface area contributed by atoms with E-state index in [4.69, 9.17) is 9.47 Å². The van der Waals surface area contributed by atoms with Crippen LogP contribution in [-0.2, 0) is 15.1 Å². The van der Waals surface area contributed by atoms with Crippen LogP contribution in [0, 0.1) is 0 Å². The average molecular weight is 295 g/mol. The van der Waals surface area contributed by atoms with E-state index in [0.29, 0.717) is 17.1 Å². The summed E-state index contributed by atoms with van der Waals surface area (Å²) in [6.07, 6.45) is 0. The minimum absolute atomic E-state index is 0.284. The highest BCUT2D eigenvalue weighted by Crippen LogP contribution is 2.35. The minimum Gasteiger partial charge on any atom is -0.493 e. The van der Waals surface area contributed by atoms with E-state index >= 15 is 0 Å². The summed E-state index contributed by atoms with van der Waals surface area (Å²) in [5, 5.41) is 9.66. The van der Waals surface area contributed by atoms with Crippen LogP contribution in [0.4, 0.5) is 0 Å². The maximum atomic E-state index is 11.8. The standard InChI is InChI=1S/C15H21NO5/c1-6-16(10(2)17)15(3,14(18)19)11-7-8-12(20-4)13(9-11)21-5/h7-9H,6H2,1-5H3,(H,18,19). The van der Waals surface area contributed by atoms with Gasteiger partial charge in [0.25, 0.3) is 0 Å². The lowest BCUT2D eigenvalue weighted by atomic mass is 9.89. The number of amides is 1. The van der Waals surface area contributed by atoms with Crippen LogP contribution in [-0.4, -0.2) is 42.6 Å². The van der Waals surface area contributed by atoms with Gasteiger partial charge in [0.15, 0.2) is 17.0 Å². The van der Waals surface area contributed by atoms with Gasteiger partial charge in [-0.2, -0.15) is 0 Å². The van der Waals surface area contributed by atoms with E-state index in [9.17, 15) is 14.7 Å². The third kappa shape index (κ3) is 2.94. The molecule has 0 heterocycles. The van der Waals surface area contributed by atoms with Crippen LogP contribution in [0.25, 0.3) is 0 Å². The molecule has 116 valence electrons. The van der Waals surface area contributed by atoms with E-state index in [0.717, 1.165) is 0 Å². The first-order valence-electron chi connectivity index (χ1n) is 6.57. The van der Waals surface area contributed by atoms with E-state index < -0.39 is 11.5 Å². The predicted octanol–water partition coefficient (Wildman–Crippen LogP) is 1.87. The van der Waals surface area contributed by atoms with Gasteiger partial charge in [0.2, 0.25) is 5.91 Å². The molecule has 1 atom stereocenters. The molecular formula is C15H21NO5. The lowest BCUT2D eigenvalue weighted by Crippen LogP contribution is -2.51. The van der Waals surface area contributed by atoms with Gasteiger partial charge in [-0.3, -0.25) is 4.79 Å². The summed E-state index contributed by atoms with van der Waals surface area (Å²) in [5.41, 5.74) is -1.02. The molecular weight excluding hydrogens is 274 g/mol. The van der Waals surface area contributed by atoms with Gasteiger partial charge >= 0.3 is 5.97 Å². The molecule has 0 saturated carbocycles. The first kappa shape index (κ1) is 16.8. The summed E-state index contributed by atoms with van der Waals surface area (Å²) in [6, 6.07) is 4.84. The predicted molar refractivity (Wildman–Crippen MR) is 77.6 cm³/mol. The molecule has 1 amide bonds. The number of ether oxygens (including phenoxy) is 2. The quantitative estimate of drug-likeness (QED) is 0.867. The van der Waals surface area contributed by atoms with Gasteiger partial charge in [-0.1, -0.05) is 6.07 Å². The SMILES string of the molecule is CCN(C(C)=O)C(C)(C(=O)O)c1ccc(OC)c(OC)c1. The van der Waals surface area contributed by atoms with Gasteiger partial charge in [-0.15, -0.1) is 0 Å². The molecule has 0 spiro atoms. The molecule has 0 aliphatic carbocycles. The molecule has 1 unspecified atom stereocenters. The Labute approximate surface area is 124 Å². The van der Waals surface area contributed by atoms with Gasteiger partial charge in [0.1, 0.15) is 0 Å². The molecule has 0 fully saturated rings. The molecule has 1 aromatic rings. The van der Waals surface area contributed by atoms with Crippen molar-refractivity contribution in [2.45, 2.75) is 26.3 Å². The van der Waals surface area contributed by atoms with Crippen LogP contribution in [0.1, 0.15) is 26.3 Å². The van der Waals surface area contributed by atoms with Crippen LogP contribution in [0.15, 0.2) is 18.2 Å². The summed E-state index contributed by atoms with van der Waals surface area (Å²) in [5.74, 6) is -0.495. The van der Waals surface area contributed by atoms with Crippen LogP contribution in [0.5, 0.6) is 11.5 Å². The maximum absolute atomic E-state index is 11.8. The number of carbonyl (C=O) groups is 2. The van der Waals surface area contributed by atoms with Crippen LogP contribution >= 0.6 is 0 Å². The van der Waals surface area contributed by atoms with Crippen LogP contribution in [0.3, 0.4) is 0 Å². The van der Waals surface area contributed by atoms with Crippen molar-refractivity contribution in [2.24, 2.45) is 0 Å². The molecule has 0 saturated heterocycles. The summed E-state index contributed by atoms with van der Waals surface area (Å²) in [7, 11) is 2.98. The van der Waals surface area contributed by atoms with E-state index in [1.54, 1.807) is 25.1 Å². The number of methoxy groups -OCH3 is 2. The molecule has 0 radical (unpaired) electrons. The van der Waals surface area contributed by atoms with E-state index in [1.165, 1.54) is 33.0 Å². The Morgan fingerprint density at radius 1 is 1.24 bits per heavy atom. The normalized spacial score (nSPS) is 13.2. The number of benzene rings is 1. The zero-order valence-corrected chi connectivity index (χ0v) is 13.0. The minimum atomic E-state index is -1.47. The Hall–Kier alpha value is -2.24. The van der Waals surface area contributed by atoms with Crippen LogP contribution < -0.4 is 9.47 Å². The third-order valence-corrected chi connectivity index (χ3v) is 3.60. The molecule has 6 heteroatoms. The van der Waals surface area contributed by atoms with Crippen molar-refractivity contribution in [2.75, 3.05) is 20.8 Å². The van der Waals surface area contributed by atoms with Crippen molar-refractivity contribution in [3.05, 3.63) is 23.8 Å². The van der Waals surface area contributed by atoms with Gasteiger partial charge in [-0.25, -0.2) is 4.79 Å². The van der Waals surface area contributed by atoms with Gasteiger partial charge < -0.3 is 19.5 Å². The third-order valence-electron chi connectivity index (χ3n) is 3.60. The summed E-state index contributed by atoms with van der Waals surface area (Å²) in [6.45, 7) is 4.88. The second-order valence-electron chi connectivity index (χ2n) is 4.71. The molecule has 0 aromatic heterocycles. The fourth-order valence-electron chi connectivity index (χ4n) is 2.39. The Kier molecular flexibility index (Phi) is 5.18. The number of hydrogen-bond donors (Lipinski definition) is 1. The van der Waals surface area contributed by atoms with Crippen molar-refractivity contribution in [1.29, 1.82) is 0 Å². The highest BCUT2D eigenvalue weighted by molar-refractivity contribution is 5.87. The Morgan fingerprint density at radius 3 is 2.19 bits per heavy atom. The number of aliphatic carboxylic acids is 1. The second kappa shape index (κ2) is 6.47. The van der Waals surface area contributed by atoms with Crippen molar-refractivity contribution < 1.29 is 24.2 Å². The molecule has 0 bridgehead atoms. The lowest BCUT2D eigenvalue weighted by molar-refractivity contribution is -0.158. The number of likely N-dealkylation sites (N-methyl/N-ethyl adjacent to an activating group) is 1. The topological polar surface area (TPSA) is 76.1 Å². The number of carbonyl (C=O) groups excluding carboxylic acids is 1. The van der Waals surface area contributed by atoms with Gasteiger partial charge in [0.05, 0.1) is 14.2 Å². The number of carboxylic acids is 1. The Morgan fingerprint density at radius 2 is 1.81 bits per heavy atom. The maximum Gasteiger partial charge on any atom is 0.334 e. The summed E-state index contributed by atoms with van der Waals surface area (Å²) in [4.78, 5) is 24.9. The van der Waals surface area contributed by atoms with E-state index in [1.807, 2.05) is 0 Å². The van der Waals surface area contributed by atoms with Gasteiger partial charge in [0, 0.05) is 13.5 Å². The molecule has 6 nitrogen and oxygen atoms in total. The van der Waals surface area contributed by atoms with Gasteiger partial charge in [-0.05, 0) is 31.5 Å². The largest absolute Gasteiger partial charge is 0.493 e. The molecule has 1 rings (SSSR count). The zero-order valence-electron chi connectivity index (χ0n) is 13.0. The highest BCUT2D eigenvalue weighted by atomic mass is 16.5. The Bertz CT molecular complexity index is 543. The monoisotopic (exact) mass is 295 g/mol. The van der Waals surface area contributed by atoms with Crippen molar-refractivity contribution in [1.82, 2.24) is 4.90 Å². The molecule has 0 aliphatic heterocycles. The number of hydrogen-bond acceptors (Lipinski definition) is 4. The summed E-state index contributed by atoms with van der Waals surface area (Å²) >= 11 is 0. The number of rotatable bonds is 6. The van der Waals surface area contributed by atoms with Crippen LogP contribution in [0.2, 0.25) is 0 Å². The molecule has 21 heavy (non-hydrogen) atoms. The van der Waals surface area contributed by atoms with E-state index in [2.05, 4.69) is 0 Å². The smallest absolute Gasteiger partial charge is 0.334 e. The molecule has 1 aromatic carbocycles. The average Bonchev–Trinajstić information content (AvgIpc) is 2.46. The fourth-order valence-corrected chi connectivity index (χ4v) is 2.39. The first-order valence-corrected chi connectivity index (χ1v) is 6.57. The highest BCUT2D eigenvalue weighted by Gasteiger charge is 2.42. The number of nitrogens with zero attached hydrogens (tertiary/aromatic N) is 1. The fraction of sp³-hybridized carbons (Fsp3) is 0.467. The molecule has 0 aliphatic rings. The number of carboxylic acid groups (broad SMARTS) is 1. The van der Waals surface area contributed by atoms with E-state index in [-0.39, 0.29) is 12.5 Å². The summed E-state index contributed by atoms with van der Waals surface area (Å²) < 4.78 is 10.3. The van der Waals surface area contributed by atoms with Crippen molar-refractivity contribution >= 4 is 11.9 Å². The Balaban J connectivity index is 3.48. The lowest BCUT2D eigenvalue weighted by Gasteiger charge is -2.37. The molecule has 1 N–H and O–H groups in total. The van der Waals surface area contributed by atoms with Crippen molar-refractivity contribution in [3.8, 4) is 11.5 Å². The van der Waals surface area contributed by atoms with Crippen molar-refractivity contribution in [3.63, 3.8) is 0 Å². The zero-order chi connectivity index (χ0) is 16.2. The second-order valence-corrected chi connectivity index (χ2v) is 4.71.